The van der Waals surface area contributed by atoms with Gasteiger partial charge in [-0.1, -0.05) is 19.8 Å². The van der Waals surface area contributed by atoms with E-state index in [1.54, 1.807) is 7.11 Å². The van der Waals surface area contributed by atoms with Crippen molar-refractivity contribution in [1.29, 1.82) is 0 Å². The molecule has 0 aliphatic heterocycles. The minimum absolute atomic E-state index is 0.0415. The van der Waals surface area contributed by atoms with Gasteiger partial charge in [-0.2, -0.15) is 0 Å². The molecule has 2 N–H and O–H groups in total. The van der Waals surface area contributed by atoms with Gasteiger partial charge in [-0.25, -0.2) is 0 Å². The van der Waals surface area contributed by atoms with Crippen LogP contribution in [0.4, 0.5) is 0 Å². The molecule has 2 unspecified atom stereocenters. The lowest BCUT2D eigenvalue weighted by Crippen LogP contribution is -2.55. The number of amides is 1. The zero-order chi connectivity index (χ0) is 15.0. The average molecular weight is 285 g/mol. The van der Waals surface area contributed by atoms with Gasteiger partial charge in [-0.05, 0) is 32.9 Å². The third-order valence-corrected chi connectivity index (χ3v) is 4.38. The normalized spacial score (nSPS) is 26.8. The molecule has 2 atom stereocenters. The zero-order valence-corrected chi connectivity index (χ0v) is 13.5. The highest BCUT2D eigenvalue weighted by Crippen LogP contribution is 2.35. The molecule has 1 saturated carbocycles. The van der Waals surface area contributed by atoms with Crippen LogP contribution in [-0.2, 0) is 9.53 Å². The summed E-state index contributed by atoms with van der Waals surface area (Å²) >= 11 is 0. The Kier molecular flexibility index (Phi) is 7.48. The Labute approximate surface area is 123 Å². The van der Waals surface area contributed by atoms with Gasteiger partial charge in [0.25, 0.3) is 0 Å². The van der Waals surface area contributed by atoms with Gasteiger partial charge >= 0.3 is 0 Å². The van der Waals surface area contributed by atoms with Gasteiger partial charge in [-0.3, -0.25) is 4.79 Å². The van der Waals surface area contributed by atoms with Crippen molar-refractivity contribution >= 4 is 5.91 Å². The molecule has 5 nitrogen and oxygen atoms in total. The molecule has 118 valence electrons. The summed E-state index contributed by atoms with van der Waals surface area (Å²) in [5.74, 6) is 0.809. The SMILES string of the molecule is COCCNC(=O)CNCC1(N(C)C)CCCC(C)C1. The Balaban J connectivity index is 2.34. The monoisotopic (exact) mass is 285 g/mol. The maximum Gasteiger partial charge on any atom is 0.234 e. The molecule has 0 aromatic heterocycles. The number of nitrogens with zero attached hydrogens (tertiary/aromatic N) is 1. The van der Waals surface area contributed by atoms with Crippen LogP contribution < -0.4 is 10.6 Å². The van der Waals surface area contributed by atoms with E-state index in [0.717, 1.165) is 12.5 Å². The Morgan fingerprint density at radius 3 is 2.80 bits per heavy atom. The second-order valence-electron chi connectivity index (χ2n) is 6.27. The van der Waals surface area contributed by atoms with Crippen LogP contribution in [0.25, 0.3) is 0 Å². The molecule has 0 saturated heterocycles. The molecule has 1 rings (SSSR count). The maximum absolute atomic E-state index is 11.7. The summed E-state index contributed by atoms with van der Waals surface area (Å²) in [5, 5.41) is 6.16. The minimum atomic E-state index is 0.0415. The van der Waals surface area contributed by atoms with E-state index >= 15 is 0 Å². The lowest BCUT2D eigenvalue weighted by molar-refractivity contribution is -0.120. The van der Waals surface area contributed by atoms with E-state index in [1.807, 2.05) is 0 Å². The number of methoxy groups -OCH3 is 1. The molecular weight excluding hydrogens is 254 g/mol. The minimum Gasteiger partial charge on any atom is -0.383 e. The smallest absolute Gasteiger partial charge is 0.234 e. The topological polar surface area (TPSA) is 53.6 Å². The molecule has 20 heavy (non-hydrogen) atoms. The summed E-state index contributed by atoms with van der Waals surface area (Å²) in [4.78, 5) is 14.0. The molecule has 1 fully saturated rings. The van der Waals surface area contributed by atoms with Crippen LogP contribution in [0.1, 0.15) is 32.6 Å². The number of nitrogens with one attached hydrogen (secondary N) is 2. The molecule has 0 aromatic carbocycles. The van der Waals surface area contributed by atoms with E-state index in [-0.39, 0.29) is 11.4 Å². The molecule has 0 bridgehead atoms. The van der Waals surface area contributed by atoms with Crippen LogP contribution >= 0.6 is 0 Å². The Hall–Kier alpha value is -0.650. The summed E-state index contributed by atoms with van der Waals surface area (Å²) < 4.78 is 4.91. The van der Waals surface area contributed by atoms with E-state index in [0.29, 0.717) is 19.7 Å². The zero-order valence-electron chi connectivity index (χ0n) is 13.5. The molecule has 5 heteroatoms. The van der Waals surface area contributed by atoms with E-state index in [2.05, 4.69) is 36.6 Å². The van der Waals surface area contributed by atoms with Crippen molar-refractivity contribution in [2.45, 2.75) is 38.1 Å². The summed E-state index contributed by atoms with van der Waals surface area (Å²) in [7, 11) is 5.94. The first-order valence-electron chi connectivity index (χ1n) is 7.64. The van der Waals surface area contributed by atoms with Crippen molar-refractivity contribution in [2.24, 2.45) is 5.92 Å². The van der Waals surface area contributed by atoms with E-state index < -0.39 is 0 Å². The van der Waals surface area contributed by atoms with Gasteiger partial charge in [0.05, 0.1) is 13.2 Å². The van der Waals surface area contributed by atoms with Crippen molar-refractivity contribution in [3.8, 4) is 0 Å². The number of rotatable bonds is 8. The predicted molar refractivity (Wildman–Crippen MR) is 81.8 cm³/mol. The van der Waals surface area contributed by atoms with Crippen LogP contribution in [0.15, 0.2) is 0 Å². The summed E-state index contributed by atoms with van der Waals surface area (Å²) in [5.41, 5.74) is 0.199. The van der Waals surface area contributed by atoms with Gasteiger partial charge in [0.2, 0.25) is 5.91 Å². The van der Waals surface area contributed by atoms with Crippen LogP contribution in [-0.4, -0.2) is 63.8 Å². The molecule has 1 aliphatic rings. The number of likely N-dealkylation sites (N-methyl/N-ethyl adjacent to an activating group) is 1. The number of hydrogen-bond donors (Lipinski definition) is 2. The molecule has 1 aliphatic carbocycles. The van der Waals surface area contributed by atoms with Gasteiger partial charge in [0, 0.05) is 25.7 Å². The number of hydrogen-bond acceptors (Lipinski definition) is 4. The van der Waals surface area contributed by atoms with Gasteiger partial charge < -0.3 is 20.3 Å². The average Bonchev–Trinajstić information content (AvgIpc) is 2.39. The molecule has 0 heterocycles. The fourth-order valence-electron chi connectivity index (χ4n) is 3.12. The second-order valence-corrected chi connectivity index (χ2v) is 6.27. The fraction of sp³-hybridized carbons (Fsp3) is 0.933. The highest BCUT2D eigenvalue weighted by atomic mass is 16.5. The molecular formula is C15H31N3O2. The van der Waals surface area contributed by atoms with Gasteiger partial charge in [0.1, 0.15) is 0 Å². The Morgan fingerprint density at radius 1 is 1.45 bits per heavy atom. The van der Waals surface area contributed by atoms with Crippen LogP contribution in [0.3, 0.4) is 0 Å². The van der Waals surface area contributed by atoms with E-state index in [4.69, 9.17) is 4.74 Å². The summed E-state index contributed by atoms with van der Waals surface area (Å²) in [6.07, 6.45) is 5.02. The van der Waals surface area contributed by atoms with E-state index in [1.165, 1.54) is 25.7 Å². The van der Waals surface area contributed by atoms with Crippen molar-refractivity contribution in [1.82, 2.24) is 15.5 Å². The van der Waals surface area contributed by atoms with Crippen molar-refractivity contribution in [2.75, 3.05) is 47.4 Å². The predicted octanol–water partition coefficient (Wildman–Crippen LogP) is 0.849. The van der Waals surface area contributed by atoms with Crippen molar-refractivity contribution in [3.63, 3.8) is 0 Å². The second kappa shape index (κ2) is 8.60. The lowest BCUT2D eigenvalue weighted by atomic mass is 9.75. The number of ether oxygens (including phenoxy) is 1. The highest BCUT2D eigenvalue weighted by molar-refractivity contribution is 5.77. The van der Waals surface area contributed by atoms with Crippen LogP contribution in [0.2, 0.25) is 0 Å². The van der Waals surface area contributed by atoms with Crippen LogP contribution in [0.5, 0.6) is 0 Å². The van der Waals surface area contributed by atoms with Crippen molar-refractivity contribution in [3.05, 3.63) is 0 Å². The van der Waals surface area contributed by atoms with E-state index in [9.17, 15) is 4.79 Å². The first-order valence-corrected chi connectivity index (χ1v) is 7.64. The van der Waals surface area contributed by atoms with Crippen molar-refractivity contribution < 1.29 is 9.53 Å². The maximum atomic E-state index is 11.7. The molecule has 1 amide bonds. The summed E-state index contributed by atoms with van der Waals surface area (Å²) in [6.45, 7) is 4.72. The third-order valence-electron chi connectivity index (χ3n) is 4.38. The third kappa shape index (κ3) is 5.38. The van der Waals surface area contributed by atoms with Crippen LogP contribution in [0, 0.1) is 5.92 Å². The number of carbonyl (C=O) groups excluding carboxylic acids is 1. The van der Waals surface area contributed by atoms with Gasteiger partial charge in [0.15, 0.2) is 0 Å². The van der Waals surface area contributed by atoms with Gasteiger partial charge in [-0.15, -0.1) is 0 Å². The largest absolute Gasteiger partial charge is 0.383 e. The highest BCUT2D eigenvalue weighted by Gasteiger charge is 2.36. The quantitative estimate of drug-likeness (QED) is 0.649. The first kappa shape index (κ1) is 17.4. The lowest BCUT2D eigenvalue weighted by Gasteiger charge is -2.45. The Bertz CT molecular complexity index is 297. The molecule has 0 radical (unpaired) electrons. The standard InChI is InChI=1S/C15H31N3O2/c1-13-6-5-7-15(10-13,18(2)3)12-16-11-14(19)17-8-9-20-4/h13,16H,5-12H2,1-4H3,(H,17,19). The fourth-order valence-corrected chi connectivity index (χ4v) is 3.12. The first-order chi connectivity index (χ1) is 9.50. The summed E-state index contributed by atoms with van der Waals surface area (Å²) in [6, 6.07) is 0. The molecule has 0 spiro atoms. The number of carbonyl (C=O) groups is 1. The molecule has 0 aromatic rings. The Morgan fingerprint density at radius 2 is 2.20 bits per heavy atom.